The summed E-state index contributed by atoms with van der Waals surface area (Å²) in [5.41, 5.74) is 7.06. The topological polar surface area (TPSA) is 106 Å². The van der Waals surface area contributed by atoms with Crippen LogP contribution in [-0.4, -0.2) is 22.2 Å². The van der Waals surface area contributed by atoms with Crippen molar-refractivity contribution in [1.82, 2.24) is 9.55 Å². The lowest BCUT2D eigenvalue weighted by atomic mass is 9.82. The minimum atomic E-state index is -0.704. The van der Waals surface area contributed by atoms with Crippen LogP contribution in [0.25, 0.3) is 10.9 Å². The third-order valence-corrected chi connectivity index (χ3v) is 6.64. The third kappa shape index (κ3) is 3.16. The Labute approximate surface area is 184 Å². The molecule has 2 aliphatic rings. The van der Waals surface area contributed by atoms with E-state index in [0.29, 0.717) is 18.0 Å². The van der Waals surface area contributed by atoms with Crippen molar-refractivity contribution in [3.63, 3.8) is 0 Å². The zero-order valence-electron chi connectivity index (χ0n) is 17.8. The smallest absolute Gasteiger partial charge is 0.209 e. The van der Waals surface area contributed by atoms with Crippen LogP contribution < -0.4 is 21.2 Å². The second-order valence-electron chi connectivity index (χ2n) is 8.70. The van der Waals surface area contributed by atoms with E-state index >= 15 is 4.39 Å². The van der Waals surface area contributed by atoms with Gasteiger partial charge in [0.25, 0.3) is 0 Å². The molecule has 3 heterocycles. The number of nitrogens with zero attached hydrogens (tertiary/aromatic N) is 3. The molecule has 5 rings (SSSR count). The van der Waals surface area contributed by atoms with E-state index in [1.807, 2.05) is 25.3 Å². The van der Waals surface area contributed by atoms with Crippen LogP contribution in [0.5, 0.6) is 5.75 Å². The van der Waals surface area contributed by atoms with Gasteiger partial charge in [-0.3, -0.25) is 9.78 Å². The fourth-order valence-electron chi connectivity index (χ4n) is 5.00. The molecule has 0 amide bonds. The van der Waals surface area contributed by atoms with Crippen LogP contribution in [0.1, 0.15) is 55.7 Å². The lowest BCUT2D eigenvalue weighted by molar-refractivity contribution is 0.247. The average molecular weight is 433 g/mol. The van der Waals surface area contributed by atoms with Gasteiger partial charge in [0.15, 0.2) is 11.6 Å². The van der Waals surface area contributed by atoms with Crippen molar-refractivity contribution in [2.45, 2.75) is 50.6 Å². The number of halogens is 1. The molecule has 0 bridgehead atoms. The molecule has 7 nitrogen and oxygen atoms in total. The SMILES string of the molecule is C[C@H]1COc2c(NC3CCCC(c4cccnc4)C3)c(F)c(N)c3c(=O)c(C#N)cn1c23. The second kappa shape index (κ2) is 7.83. The maximum Gasteiger partial charge on any atom is 0.209 e. The molecular weight excluding hydrogens is 409 g/mol. The summed E-state index contributed by atoms with van der Waals surface area (Å²) in [4.78, 5) is 17.1. The molecule has 3 aromatic rings. The molecule has 3 atom stereocenters. The average Bonchev–Trinajstić information content (AvgIpc) is 2.82. The van der Waals surface area contributed by atoms with E-state index in [-0.39, 0.29) is 40.2 Å². The van der Waals surface area contributed by atoms with Crippen molar-refractivity contribution >= 4 is 22.3 Å². The predicted octanol–water partition coefficient (Wildman–Crippen LogP) is 4.08. The number of nitriles is 1. The molecular formula is C24H24FN5O2. The summed E-state index contributed by atoms with van der Waals surface area (Å²) >= 11 is 0. The molecule has 0 saturated heterocycles. The van der Waals surface area contributed by atoms with Crippen LogP contribution in [0, 0.1) is 17.1 Å². The molecule has 1 saturated carbocycles. The number of aromatic nitrogens is 2. The lowest BCUT2D eigenvalue weighted by Gasteiger charge is -2.33. The van der Waals surface area contributed by atoms with Crippen LogP contribution in [0.4, 0.5) is 15.8 Å². The quantitative estimate of drug-likeness (QED) is 0.603. The van der Waals surface area contributed by atoms with Gasteiger partial charge in [0.05, 0.1) is 22.6 Å². The number of hydrogen-bond donors (Lipinski definition) is 2. The summed E-state index contributed by atoms with van der Waals surface area (Å²) in [6.07, 6.45) is 8.96. The number of nitrogens with one attached hydrogen (secondary N) is 1. The molecule has 1 aromatic carbocycles. The Hall–Kier alpha value is -3.60. The summed E-state index contributed by atoms with van der Waals surface area (Å²) < 4.78 is 23.3. The predicted molar refractivity (Wildman–Crippen MR) is 120 cm³/mol. The first-order chi connectivity index (χ1) is 15.5. The van der Waals surface area contributed by atoms with Gasteiger partial charge >= 0.3 is 0 Å². The van der Waals surface area contributed by atoms with E-state index in [1.54, 1.807) is 10.8 Å². The van der Waals surface area contributed by atoms with Crippen molar-refractivity contribution < 1.29 is 9.13 Å². The maximum atomic E-state index is 15.5. The van der Waals surface area contributed by atoms with Gasteiger partial charge in [-0.25, -0.2) is 4.39 Å². The van der Waals surface area contributed by atoms with Crippen molar-refractivity contribution in [2.24, 2.45) is 0 Å². The first-order valence-electron chi connectivity index (χ1n) is 10.9. The highest BCUT2D eigenvalue weighted by Crippen LogP contribution is 2.44. The summed E-state index contributed by atoms with van der Waals surface area (Å²) in [6, 6.07) is 5.81. The van der Waals surface area contributed by atoms with Gasteiger partial charge in [-0.1, -0.05) is 12.5 Å². The molecule has 1 aliphatic heterocycles. The van der Waals surface area contributed by atoms with Crippen LogP contribution >= 0.6 is 0 Å². The van der Waals surface area contributed by atoms with Crippen molar-refractivity contribution in [3.8, 4) is 11.8 Å². The molecule has 32 heavy (non-hydrogen) atoms. The fraction of sp³-hybridized carbons (Fsp3) is 0.375. The molecule has 164 valence electrons. The van der Waals surface area contributed by atoms with Gasteiger partial charge < -0.3 is 20.4 Å². The van der Waals surface area contributed by atoms with E-state index in [9.17, 15) is 10.1 Å². The number of anilines is 2. The van der Waals surface area contributed by atoms with E-state index in [2.05, 4.69) is 16.4 Å². The molecule has 0 spiro atoms. The van der Waals surface area contributed by atoms with E-state index < -0.39 is 11.2 Å². The van der Waals surface area contributed by atoms with Gasteiger partial charge in [-0.05, 0) is 43.7 Å². The lowest BCUT2D eigenvalue weighted by Crippen LogP contribution is -2.30. The molecule has 0 radical (unpaired) electrons. The molecule has 1 fully saturated rings. The molecule has 2 aromatic heterocycles. The maximum absolute atomic E-state index is 15.5. The van der Waals surface area contributed by atoms with Gasteiger partial charge in [0.1, 0.15) is 23.9 Å². The summed E-state index contributed by atoms with van der Waals surface area (Å²) in [5, 5.41) is 12.7. The van der Waals surface area contributed by atoms with Crippen LogP contribution in [0.3, 0.4) is 0 Å². The van der Waals surface area contributed by atoms with Crippen LogP contribution in [0.15, 0.2) is 35.5 Å². The number of nitrogen functional groups attached to an aromatic ring is 1. The Morgan fingerprint density at radius 2 is 2.25 bits per heavy atom. The molecule has 8 heteroatoms. The number of rotatable bonds is 3. The number of ether oxygens (including phenoxy) is 1. The van der Waals surface area contributed by atoms with E-state index in [0.717, 1.165) is 25.7 Å². The fourth-order valence-corrected chi connectivity index (χ4v) is 5.00. The first kappa shape index (κ1) is 20.3. The number of pyridine rings is 2. The Balaban J connectivity index is 1.59. The highest BCUT2D eigenvalue weighted by atomic mass is 19.1. The van der Waals surface area contributed by atoms with E-state index in [1.165, 1.54) is 11.8 Å². The number of hydrogen-bond acceptors (Lipinski definition) is 6. The monoisotopic (exact) mass is 433 g/mol. The van der Waals surface area contributed by atoms with E-state index in [4.69, 9.17) is 10.5 Å². The van der Waals surface area contributed by atoms with Crippen LogP contribution in [0.2, 0.25) is 0 Å². The standard InChI is InChI=1S/C24H24FN5O2/c1-13-12-32-24-21(29-17-6-2-4-14(8-17)15-5-3-7-28-10-15)19(25)20(27)18-22(24)30(13)11-16(9-26)23(18)31/h3,5,7,10-11,13-14,17,29H,2,4,6,8,12,27H2,1H3/t13-,14?,17?/m0/s1. The number of nitrogens with two attached hydrogens (primary N) is 1. The Morgan fingerprint density at radius 1 is 1.41 bits per heavy atom. The van der Waals surface area contributed by atoms with Gasteiger partial charge in [0, 0.05) is 24.6 Å². The molecule has 3 N–H and O–H groups in total. The second-order valence-corrected chi connectivity index (χ2v) is 8.70. The number of benzene rings is 1. The van der Waals surface area contributed by atoms with Crippen molar-refractivity contribution in [2.75, 3.05) is 17.7 Å². The zero-order chi connectivity index (χ0) is 22.4. The molecule has 2 unspecified atom stereocenters. The molecule has 1 aliphatic carbocycles. The van der Waals surface area contributed by atoms with Gasteiger partial charge in [-0.2, -0.15) is 5.26 Å². The first-order valence-corrected chi connectivity index (χ1v) is 10.9. The van der Waals surface area contributed by atoms with Gasteiger partial charge in [-0.15, -0.1) is 0 Å². The zero-order valence-corrected chi connectivity index (χ0v) is 17.8. The summed E-state index contributed by atoms with van der Waals surface area (Å²) in [5.74, 6) is -0.0799. The van der Waals surface area contributed by atoms with Crippen molar-refractivity contribution in [1.29, 1.82) is 5.26 Å². The summed E-state index contributed by atoms with van der Waals surface area (Å²) in [7, 11) is 0. The Bertz CT molecular complexity index is 1300. The van der Waals surface area contributed by atoms with Crippen molar-refractivity contribution in [3.05, 3.63) is 57.9 Å². The third-order valence-electron chi connectivity index (χ3n) is 6.64. The highest BCUT2D eigenvalue weighted by molar-refractivity contribution is 6.00. The van der Waals surface area contributed by atoms with Gasteiger partial charge in [0.2, 0.25) is 5.43 Å². The Kier molecular flexibility index (Phi) is 4.97. The largest absolute Gasteiger partial charge is 0.487 e. The minimum Gasteiger partial charge on any atom is -0.487 e. The summed E-state index contributed by atoms with van der Waals surface area (Å²) in [6.45, 7) is 2.22. The van der Waals surface area contributed by atoms with Crippen LogP contribution in [-0.2, 0) is 0 Å². The highest BCUT2D eigenvalue weighted by Gasteiger charge is 2.31. The minimum absolute atomic E-state index is 0.00512. The normalized spacial score (nSPS) is 22.2. The Morgan fingerprint density at radius 3 is 3.00 bits per heavy atom.